The third kappa shape index (κ3) is 4.34. The van der Waals surface area contributed by atoms with Crippen molar-refractivity contribution in [2.45, 2.75) is 11.1 Å². The summed E-state index contributed by atoms with van der Waals surface area (Å²) in [7, 11) is -2.65. The number of rotatable bonds is 5. The van der Waals surface area contributed by atoms with Crippen molar-refractivity contribution in [3.05, 3.63) is 28.8 Å². The molecule has 0 aromatic heterocycles. The van der Waals surface area contributed by atoms with Gasteiger partial charge in [-0.1, -0.05) is 11.6 Å². The van der Waals surface area contributed by atoms with E-state index in [2.05, 4.69) is 9.46 Å². The number of nitrogens with one attached hydrogen (secondary N) is 1. The summed E-state index contributed by atoms with van der Waals surface area (Å²) >= 11 is 5.40. The lowest BCUT2D eigenvalue weighted by molar-refractivity contribution is -0.137. The molecule has 1 N–H and O–H groups in total. The van der Waals surface area contributed by atoms with Gasteiger partial charge in [0.2, 0.25) is 10.0 Å². The molecule has 1 rings (SSSR count). The highest BCUT2D eigenvalue weighted by Crippen LogP contribution is 2.35. The van der Waals surface area contributed by atoms with Crippen molar-refractivity contribution < 1.29 is 26.3 Å². The molecule has 0 radical (unpaired) electrons. The fraction of sp³-hybridized carbons (Fsp3) is 0.400. The van der Waals surface area contributed by atoms with Crippen molar-refractivity contribution in [3.8, 4) is 0 Å². The summed E-state index contributed by atoms with van der Waals surface area (Å²) in [6, 6.07) is 2.40. The second-order valence-corrected chi connectivity index (χ2v) is 5.70. The van der Waals surface area contributed by atoms with E-state index >= 15 is 0 Å². The zero-order valence-electron chi connectivity index (χ0n) is 9.79. The predicted octanol–water partition coefficient (Wildman–Crippen LogP) is 2.28. The maximum absolute atomic E-state index is 12.6. The second-order valence-electron chi connectivity index (χ2n) is 3.53. The molecular formula is C10H11ClF3NO3S. The monoisotopic (exact) mass is 317 g/mol. The van der Waals surface area contributed by atoms with Crippen LogP contribution in [0.4, 0.5) is 13.2 Å². The van der Waals surface area contributed by atoms with E-state index in [9.17, 15) is 21.6 Å². The van der Waals surface area contributed by atoms with Crippen molar-refractivity contribution in [2.24, 2.45) is 0 Å². The van der Waals surface area contributed by atoms with Crippen molar-refractivity contribution in [1.29, 1.82) is 0 Å². The molecule has 0 bridgehead atoms. The van der Waals surface area contributed by atoms with E-state index in [0.717, 1.165) is 12.1 Å². The molecule has 108 valence electrons. The van der Waals surface area contributed by atoms with Crippen LogP contribution in [0.2, 0.25) is 5.02 Å². The normalized spacial score (nSPS) is 12.7. The Kier molecular flexibility index (Phi) is 5.19. The molecule has 0 heterocycles. The standard InChI is InChI=1S/C10H11ClF3NO3S/c1-18-5-4-15-19(16,17)7-2-3-9(11)8(6-7)10(12,13)14/h2-3,6,15H,4-5H2,1H3. The van der Waals surface area contributed by atoms with Crippen LogP contribution in [0.15, 0.2) is 23.1 Å². The molecule has 0 aliphatic heterocycles. The van der Waals surface area contributed by atoms with Crippen LogP contribution in [-0.4, -0.2) is 28.7 Å². The molecule has 0 aliphatic carbocycles. The van der Waals surface area contributed by atoms with Crippen LogP contribution in [-0.2, 0) is 20.9 Å². The first-order chi connectivity index (χ1) is 8.68. The lowest BCUT2D eigenvalue weighted by Crippen LogP contribution is -2.27. The summed E-state index contributed by atoms with van der Waals surface area (Å²) in [6.07, 6.45) is -4.71. The van der Waals surface area contributed by atoms with Gasteiger partial charge in [0.1, 0.15) is 0 Å². The van der Waals surface area contributed by atoms with E-state index in [4.69, 9.17) is 11.6 Å². The number of benzene rings is 1. The van der Waals surface area contributed by atoms with E-state index in [1.165, 1.54) is 7.11 Å². The first kappa shape index (κ1) is 16.2. The quantitative estimate of drug-likeness (QED) is 0.848. The van der Waals surface area contributed by atoms with Gasteiger partial charge >= 0.3 is 6.18 Å². The average molecular weight is 318 g/mol. The Morgan fingerprint density at radius 1 is 1.37 bits per heavy atom. The minimum atomic E-state index is -4.71. The van der Waals surface area contributed by atoms with Gasteiger partial charge in [-0.3, -0.25) is 0 Å². The van der Waals surface area contributed by atoms with E-state index in [1.807, 2.05) is 0 Å². The minimum Gasteiger partial charge on any atom is -0.383 e. The topological polar surface area (TPSA) is 55.4 Å². The number of alkyl halides is 3. The average Bonchev–Trinajstić information content (AvgIpc) is 2.27. The lowest BCUT2D eigenvalue weighted by atomic mass is 10.2. The van der Waals surface area contributed by atoms with E-state index < -0.39 is 31.7 Å². The van der Waals surface area contributed by atoms with Crippen molar-refractivity contribution in [2.75, 3.05) is 20.3 Å². The Balaban J connectivity index is 3.09. The molecule has 1 aromatic rings. The molecule has 9 heteroatoms. The highest BCUT2D eigenvalue weighted by atomic mass is 35.5. The fourth-order valence-corrected chi connectivity index (χ4v) is 2.51. The fourth-order valence-electron chi connectivity index (χ4n) is 1.25. The van der Waals surface area contributed by atoms with Crippen LogP contribution >= 0.6 is 11.6 Å². The number of hydrogen-bond donors (Lipinski definition) is 1. The summed E-state index contributed by atoms with van der Waals surface area (Å²) in [5.41, 5.74) is -1.19. The van der Waals surface area contributed by atoms with Crippen molar-refractivity contribution >= 4 is 21.6 Å². The molecule has 0 spiro atoms. The zero-order chi connectivity index (χ0) is 14.7. The first-order valence-corrected chi connectivity index (χ1v) is 6.90. The molecule has 19 heavy (non-hydrogen) atoms. The molecule has 0 amide bonds. The molecule has 0 saturated carbocycles. The number of ether oxygens (including phenoxy) is 1. The largest absolute Gasteiger partial charge is 0.417 e. The first-order valence-electron chi connectivity index (χ1n) is 5.04. The summed E-state index contributed by atoms with van der Waals surface area (Å²) in [5, 5.41) is -0.552. The summed E-state index contributed by atoms with van der Waals surface area (Å²) in [4.78, 5) is -0.500. The van der Waals surface area contributed by atoms with Gasteiger partial charge in [-0.25, -0.2) is 13.1 Å². The molecule has 4 nitrogen and oxygen atoms in total. The molecule has 0 aliphatic rings. The number of halogens is 4. The van der Waals surface area contributed by atoms with Gasteiger partial charge in [0, 0.05) is 13.7 Å². The van der Waals surface area contributed by atoms with Crippen molar-refractivity contribution in [3.63, 3.8) is 0 Å². The summed E-state index contributed by atoms with van der Waals surface area (Å²) in [5.74, 6) is 0. The maximum Gasteiger partial charge on any atom is 0.417 e. The number of hydrogen-bond acceptors (Lipinski definition) is 3. The van der Waals surface area contributed by atoms with Gasteiger partial charge in [-0.15, -0.1) is 0 Å². The van der Waals surface area contributed by atoms with E-state index in [-0.39, 0.29) is 13.2 Å². The van der Waals surface area contributed by atoms with Gasteiger partial charge in [0.25, 0.3) is 0 Å². The number of methoxy groups -OCH3 is 1. The summed E-state index contributed by atoms with van der Waals surface area (Å²) < 4.78 is 68.0. The second kappa shape index (κ2) is 6.08. The molecule has 0 saturated heterocycles. The smallest absolute Gasteiger partial charge is 0.383 e. The molecule has 0 atom stereocenters. The van der Waals surface area contributed by atoms with Crippen LogP contribution in [0.25, 0.3) is 0 Å². The van der Waals surface area contributed by atoms with Gasteiger partial charge < -0.3 is 4.74 Å². The highest BCUT2D eigenvalue weighted by Gasteiger charge is 2.34. The van der Waals surface area contributed by atoms with Crippen LogP contribution in [0.3, 0.4) is 0 Å². The third-order valence-corrected chi connectivity index (χ3v) is 3.94. The molecule has 0 unspecified atom stereocenters. The maximum atomic E-state index is 12.6. The van der Waals surface area contributed by atoms with Crippen LogP contribution in [0, 0.1) is 0 Å². The van der Waals surface area contributed by atoms with Crippen LogP contribution in [0.1, 0.15) is 5.56 Å². The molecule has 1 aromatic carbocycles. The van der Waals surface area contributed by atoms with Gasteiger partial charge in [-0.05, 0) is 18.2 Å². The van der Waals surface area contributed by atoms with E-state index in [1.54, 1.807) is 0 Å². The van der Waals surface area contributed by atoms with Crippen molar-refractivity contribution in [1.82, 2.24) is 4.72 Å². The molecule has 0 fully saturated rings. The Morgan fingerprint density at radius 3 is 2.53 bits per heavy atom. The third-order valence-electron chi connectivity index (χ3n) is 2.15. The molecular weight excluding hydrogens is 307 g/mol. The Hall–Kier alpha value is -0.830. The van der Waals surface area contributed by atoms with Gasteiger partial charge in [0.05, 0.1) is 22.1 Å². The minimum absolute atomic E-state index is 0.0389. The Labute approximate surface area is 113 Å². The van der Waals surface area contributed by atoms with Crippen LogP contribution in [0.5, 0.6) is 0 Å². The highest BCUT2D eigenvalue weighted by molar-refractivity contribution is 7.89. The summed E-state index contributed by atoms with van der Waals surface area (Å²) in [6.45, 7) is 0.0712. The van der Waals surface area contributed by atoms with E-state index in [0.29, 0.717) is 6.07 Å². The Morgan fingerprint density at radius 2 is 2.00 bits per heavy atom. The Bertz CT molecular complexity index is 545. The van der Waals surface area contributed by atoms with Crippen LogP contribution < -0.4 is 4.72 Å². The van der Waals surface area contributed by atoms with Gasteiger partial charge in [0.15, 0.2) is 0 Å². The predicted molar refractivity (Wildman–Crippen MR) is 63.5 cm³/mol. The SMILES string of the molecule is COCCNS(=O)(=O)c1ccc(Cl)c(C(F)(F)F)c1. The van der Waals surface area contributed by atoms with Gasteiger partial charge in [-0.2, -0.15) is 13.2 Å². The zero-order valence-corrected chi connectivity index (χ0v) is 11.4. The number of sulfonamides is 1. The lowest BCUT2D eigenvalue weighted by Gasteiger charge is -2.11.